The molecular weight excluding hydrogens is 399 g/mol. The number of anilines is 2. The Morgan fingerprint density at radius 1 is 0.679 bits per heavy atom. The molecule has 0 atom stereocenters. The molecule has 0 saturated carbocycles. The second kappa shape index (κ2) is 9.30. The Hall–Kier alpha value is -2.96. The van der Waals surface area contributed by atoms with Crippen molar-refractivity contribution in [1.82, 2.24) is 9.97 Å². The highest BCUT2D eigenvalue weighted by molar-refractivity contribution is 6.31. The number of oxazole rings is 2. The maximum atomic E-state index is 5.99. The topological polar surface area (TPSA) is 104 Å². The van der Waals surface area contributed by atoms with Crippen molar-refractivity contribution in [2.75, 3.05) is 11.5 Å². The Bertz CT molecular complexity index is 962. The van der Waals surface area contributed by atoms with Gasteiger partial charge in [0.25, 0.3) is 12.0 Å². The Morgan fingerprint density at radius 2 is 1.07 bits per heavy atom. The molecule has 8 heteroatoms. The molecule has 0 aliphatic carbocycles. The average Bonchev–Trinajstić information content (AvgIpc) is 3.27. The van der Waals surface area contributed by atoms with E-state index in [1.807, 2.05) is 48.5 Å². The molecule has 144 valence electrons. The molecule has 0 bridgehead atoms. The van der Waals surface area contributed by atoms with Crippen molar-refractivity contribution in [3.8, 4) is 0 Å². The van der Waals surface area contributed by atoms with E-state index >= 15 is 0 Å². The first kappa shape index (κ1) is 19.8. The van der Waals surface area contributed by atoms with Gasteiger partial charge in [-0.05, 0) is 23.3 Å². The summed E-state index contributed by atoms with van der Waals surface area (Å²) in [5.74, 6) is 1.44. The minimum absolute atomic E-state index is 0.187. The summed E-state index contributed by atoms with van der Waals surface area (Å²) in [5.41, 5.74) is 12.7. The molecule has 0 fully saturated rings. The second-order valence-corrected chi connectivity index (χ2v) is 6.68. The van der Waals surface area contributed by atoms with Crippen LogP contribution in [-0.2, 0) is 12.8 Å². The summed E-state index contributed by atoms with van der Waals surface area (Å²) in [6, 6.07) is 15.6. The summed E-state index contributed by atoms with van der Waals surface area (Å²) in [6.45, 7) is 0. The first-order valence-electron chi connectivity index (χ1n) is 8.38. The van der Waals surface area contributed by atoms with Crippen LogP contribution >= 0.6 is 23.2 Å². The molecule has 0 spiro atoms. The van der Waals surface area contributed by atoms with Gasteiger partial charge in [-0.15, -0.1) is 0 Å². The van der Waals surface area contributed by atoms with E-state index in [1.54, 1.807) is 12.4 Å². The van der Waals surface area contributed by atoms with Crippen LogP contribution in [0.25, 0.3) is 0 Å². The predicted molar refractivity (Wildman–Crippen MR) is 110 cm³/mol. The molecule has 0 aliphatic heterocycles. The van der Waals surface area contributed by atoms with Crippen molar-refractivity contribution >= 4 is 35.2 Å². The Balaban J connectivity index is 0.000000161. The highest BCUT2D eigenvalue weighted by Gasteiger charge is 2.05. The van der Waals surface area contributed by atoms with E-state index in [9.17, 15) is 0 Å². The number of benzene rings is 2. The van der Waals surface area contributed by atoms with Crippen molar-refractivity contribution in [2.24, 2.45) is 0 Å². The second-order valence-electron chi connectivity index (χ2n) is 5.87. The molecule has 0 amide bonds. The van der Waals surface area contributed by atoms with Gasteiger partial charge in [0, 0.05) is 22.9 Å². The smallest absolute Gasteiger partial charge is 0.292 e. The maximum Gasteiger partial charge on any atom is 0.292 e. The fraction of sp³-hybridized carbons (Fsp3) is 0.100. The lowest BCUT2D eigenvalue weighted by Crippen LogP contribution is -1.86. The van der Waals surface area contributed by atoms with Gasteiger partial charge in [0.05, 0.1) is 12.4 Å². The lowest BCUT2D eigenvalue weighted by molar-refractivity contribution is 0.534. The van der Waals surface area contributed by atoms with Gasteiger partial charge in [-0.2, -0.15) is 0 Å². The molecular formula is C20H18Cl2N4O2. The van der Waals surface area contributed by atoms with E-state index in [0.29, 0.717) is 12.8 Å². The number of halogens is 2. The van der Waals surface area contributed by atoms with E-state index in [4.69, 9.17) is 43.5 Å². The highest BCUT2D eigenvalue weighted by Crippen LogP contribution is 2.20. The number of nitrogen functional groups attached to an aromatic ring is 2. The average molecular weight is 417 g/mol. The summed E-state index contributed by atoms with van der Waals surface area (Å²) < 4.78 is 10.3. The molecule has 4 rings (SSSR count). The van der Waals surface area contributed by atoms with Crippen LogP contribution in [0.2, 0.25) is 10.0 Å². The van der Waals surface area contributed by atoms with E-state index < -0.39 is 0 Å². The van der Waals surface area contributed by atoms with E-state index in [-0.39, 0.29) is 12.0 Å². The van der Waals surface area contributed by atoms with Gasteiger partial charge < -0.3 is 20.3 Å². The monoisotopic (exact) mass is 416 g/mol. The van der Waals surface area contributed by atoms with Crippen LogP contribution in [0, 0.1) is 0 Å². The third kappa shape index (κ3) is 5.52. The van der Waals surface area contributed by atoms with Gasteiger partial charge >= 0.3 is 0 Å². The van der Waals surface area contributed by atoms with Gasteiger partial charge in [-0.3, -0.25) is 0 Å². The van der Waals surface area contributed by atoms with Gasteiger partial charge in [0.1, 0.15) is 11.5 Å². The Labute approximate surface area is 172 Å². The van der Waals surface area contributed by atoms with Crippen LogP contribution in [-0.4, -0.2) is 9.97 Å². The largest absolute Gasteiger partial charge is 0.429 e. The van der Waals surface area contributed by atoms with E-state index in [2.05, 4.69) is 9.97 Å². The molecule has 4 N–H and O–H groups in total. The Morgan fingerprint density at radius 3 is 1.39 bits per heavy atom. The fourth-order valence-electron chi connectivity index (χ4n) is 2.47. The highest BCUT2D eigenvalue weighted by atomic mass is 35.5. The SMILES string of the molecule is Nc1ncc(Cc2ccccc2Cl)o1.Nc1ncc(Cc2ccccc2Cl)o1. The molecule has 4 aromatic rings. The van der Waals surface area contributed by atoms with Crippen molar-refractivity contribution in [3.63, 3.8) is 0 Å². The van der Waals surface area contributed by atoms with Gasteiger partial charge in [0.15, 0.2) is 0 Å². The summed E-state index contributed by atoms with van der Waals surface area (Å²) in [6.07, 6.45) is 4.45. The predicted octanol–water partition coefficient (Wildman–Crippen LogP) is 5.00. The summed E-state index contributed by atoms with van der Waals surface area (Å²) >= 11 is 12.0. The Kier molecular flexibility index (Phi) is 6.57. The first-order chi connectivity index (χ1) is 13.5. The molecule has 6 nitrogen and oxygen atoms in total. The van der Waals surface area contributed by atoms with Gasteiger partial charge in [-0.1, -0.05) is 59.6 Å². The van der Waals surface area contributed by atoms with Gasteiger partial charge in [0.2, 0.25) is 0 Å². The molecule has 0 unspecified atom stereocenters. The summed E-state index contributed by atoms with van der Waals surface area (Å²) in [4.78, 5) is 7.62. The number of aromatic nitrogens is 2. The lowest BCUT2D eigenvalue weighted by Gasteiger charge is -1.99. The van der Waals surface area contributed by atoms with Crippen molar-refractivity contribution in [2.45, 2.75) is 12.8 Å². The third-order valence-electron chi connectivity index (χ3n) is 3.79. The van der Waals surface area contributed by atoms with Crippen LogP contribution < -0.4 is 11.5 Å². The van der Waals surface area contributed by atoms with Crippen LogP contribution in [0.3, 0.4) is 0 Å². The maximum absolute atomic E-state index is 5.99. The standard InChI is InChI=1S/2C10H9ClN2O/c2*11-9-4-2-1-3-7(9)5-8-6-13-10(12)14-8/h2*1-4,6H,5H2,(H2,12,13). The zero-order chi connectivity index (χ0) is 19.9. The van der Waals surface area contributed by atoms with Crippen LogP contribution in [0.1, 0.15) is 22.6 Å². The number of hydrogen-bond donors (Lipinski definition) is 2. The first-order valence-corrected chi connectivity index (χ1v) is 9.14. The summed E-state index contributed by atoms with van der Waals surface area (Å²) in [5, 5.41) is 1.45. The molecule has 2 aromatic heterocycles. The fourth-order valence-corrected chi connectivity index (χ4v) is 2.87. The minimum Gasteiger partial charge on any atom is -0.429 e. The van der Waals surface area contributed by atoms with Crippen molar-refractivity contribution in [1.29, 1.82) is 0 Å². The van der Waals surface area contributed by atoms with Crippen LogP contribution in [0.15, 0.2) is 69.8 Å². The molecule has 2 aromatic carbocycles. The van der Waals surface area contributed by atoms with Crippen molar-refractivity contribution in [3.05, 3.63) is 93.6 Å². The van der Waals surface area contributed by atoms with Crippen LogP contribution in [0.5, 0.6) is 0 Å². The zero-order valence-corrected chi connectivity index (χ0v) is 16.3. The molecule has 2 heterocycles. The number of rotatable bonds is 4. The van der Waals surface area contributed by atoms with E-state index in [0.717, 1.165) is 32.7 Å². The van der Waals surface area contributed by atoms with Crippen LogP contribution in [0.4, 0.5) is 12.0 Å². The summed E-state index contributed by atoms with van der Waals surface area (Å²) in [7, 11) is 0. The zero-order valence-electron chi connectivity index (χ0n) is 14.8. The van der Waals surface area contributed by atoms with E-state index in [1.165, 1.54) is 0 Å². The van der Waals surface area contributed by atoms with Crippen molar-refractivity contribution < 1.29 is 8.83 Å². The quantitative estimate of drug-likeness (QED) is 0.484. The molecule has 0 radical (unpaired) electrons. The lowest BCUT2D eigenvalue weighted by atomic mass is 10.1. The number of hydrogen-bond acceptors (Lipinski definition) is 6. The molecule has 0 aliphatic rings. The van der Waals surface area contributed by atoms with Gasteiger partial charge in [-0.25, -0.2) is 9.97 Å². The minimum atomic E-state index is 0.187. The number of nitrogens with two attached hydrogens (primary N) is 2. The molecule has 28 heavy (non-hydrogen) atoms. The molecule has 0 saturated heterocycles. The normalized spacial score (nSPS) is 10.4. The number of nitrogens with zero attached hydrogens (tertiary/aromatic N) is 2. The third-order valence-corrected chi connectivity index (χ3v) is 4.53.